The molecule has 1 amide bonds. The lowest BCUT2D eigenvalue weighted by Crippen LogP contribution is -2.40. The highest BCUT2D eigenvalue weighted by Gasteiger charge is 2.23. The lowest BCUT2D eigenvalue weighted by atomic mass is 10.2. The largest absolute Gasteiger partial charge is 0.454 e. The van der Waals surface area contributed by atoms with Gasteiger partial charge in [-0.15, -0.1) is 0 Å². The number of nitrogens with zero attached hydrogens (tertiary/aromatic N) is 5. The van der Waals surface area contributed by atoms with Gasteiger partial charge in [0.15, 0.2) is 11.5 Å². The second-order valence-electron chi connectivity index (χ2n) is 9.47. The Kier molecular flexibility index (Phi) is 7.20. The van der Waals surface area contributed by atoms with Crippen LogP contribution in [0, 0.1) is 6.92 Å². The molecule has 0 fully saturated rings. The van der Waals surface area contributed by atoms with Gasteiger partial charge in [0.05, 0.1) is 5.69 Å². The average Bonchev–Trinajstić information content (AvgIpc) is 3.48. The smallest absolute Gasteiger partial charge is 0.410 e. The number of aromatic nitrogens is 4. The molecule has 4 rings (SSSR count). The van der Waals surface area contributed by atoms with Crippen molar-refractivity contribution in [2.75, 3.05) is 19.9 Å². The molecule has 35 heavy (non-hydrogen) atoms. The highest BCUT2D eigenvalue weighted by atomic mass is 16.7. The summed E-state index contributed by atoms with van der Waals surface area (Å²) in [6, 6.07) is 7.60. The number of amides is 1. The molecule has 10 heteroatoms. The van der Waals surface area contributed by atoms with Crippen LogP contribution in [0.3, 0.4) is 0 Å². The molecule has 1 aromatic carbocycles. The molecule has 1 atom stereocenters. The first kappa shape index (κ1) is 24.5. The zero-order valence-corrected chi connectivity index (χ0v) is 20.8. The van der Waals surface area contributed by atoms with Crippen molar-refractivity contribution < 1.29 is 19.0 Å². The third kappa shape index (κ3) is 6.48. The molecule has 0 spiro atoms. The molecule has 3 heterocycles. The average molecular weight is 481 g/mol. The van der Waals surface area contributed by atoms with E-state index < -0.39 is 5.60 Å². The molecule has 0 saturated heterocycles. The maximum absolute atomic E-state index is 13.0. The molecule has 1 aliphatic rings. The predicted molar refractivity (Wildman–Crippen MR) is 130 cm³/mol. The van der Waals surface area contributed by atoms with E-state index in [-0.39, 0.29) is 18.9 Å². The van der Waals surface area contributed by atoms with Gasteiger partial charge in [-0.05, 0) is 58.4 Å². The third-order valence-electron chi connectivity index (χ3n) is 5.34. The first-order valence-electron chi connectivity index (χ1n) is 11.6. The van der Waals surface area contributed by atoms with Gasteiger partial charge in [0.1, 0.15) is 11.9 Å². The van der Waals surface area contributed by atoms with E-state index >= 15 is 0 Å². The molecule has 3 aromatic rings. The van der Waals surface area contributed by atoms with Crippen molar-refractivity contribution in [2.24, 2.45) is 0 Å². The standard InChI is InChI=1S/C25H32N6O4/c1-17-12-20(29-23(28-17)31-10-8-26-15-31)18(2)27-9-11-30(24(32)35-25(3,4)5)14-19-6-7-21-22(13-19)34-16-33-21/h6-8,10,12-13,15,18,27H,9,11,14,16H2,1-5H3. The molecule has 10 nitrogen and oxygen atoms in total. The highest BCUT2D eigenvalue weighted by Crippen LogP contribution is 2.33. The first-order chi connectivity index (χ1) is 16.7. The van der Waals surface area contributed by atoms with Crippen LogP contribution in [0.1, 0.15) is 50.7 Å². The lowest BCUT2D eigenvalue weighted by Gasteiger charge is -2.28. The maximum atomic E-state index is 13.0. The summed E-state index contributed by atoms with van der Waals surface area (Å²) >= 11 is 0. The van der Waals surface area contributed by atoms with Crippen molar-refractivity contribution in [1.82, 2.24) is 29.7 Å². The third-order valence-corrected chi connectivity index (χ3v) is 5.34. The molecule has 0 saturated carbocycles. The van der Waals surface area contributed by atoms with Gasteiger partial charge in [-0.2, -0.15) is 0 Å². The van der Waals surface area contributed by atoms with Gasteiger partial charge in [0.25, 0.3) is 0 Å². The highest BCUT2D eigenvalue weighted by molar-refractivity contribution is 5.68. The molecule has 2 aromatic heterocycles. The summed E-state index contributed by atoms with van der Waals surface area (Å²) in [4.78, 5) is 27.9. The van der Waals surface area contributed by atoms with Gasteiger partial charge in [-0.25, -0.2) is 19.7 Å². The van der Waals surface area contributed by atoms with E-state index in [1.165, 1.54) is 0 Å². The van der Waals surface area contributed by atoms with Crippen molar-refractivity contribution in [1.29, 1.82) is 0 Å². The second kappa shape index (κ2) is 10.3. The number of hydrogen-bond donors (Lipinski definition) is 1. The van der Waals surface area contributed by atoms with E-state index in [0.717, 1.165) is 17.0 Å². The van der Waals surface area contributed by atoms with Crippen LogP contribution >= 0.6 is 0 Å². The first-order valence-corrected chi connectivity index (χ1v) is 11.6. The molecule has 0 radical (unpaired) electrons. The SMILES string of the molecule is Cc1cc(C(C)NCCN(Cc2ccc3c(c2)OCO3)C(=O)OC(C)(C)C)nc(-n2ccnc2)n1. The van der Waals surface area contributed by atoms with Crippen molar-refractivity contribution >= 4 is 6.09 Å². The second-order valence-corrected chi connectivity index (χ2v) is 9.47. The quantitative estimate of drug-likeness (QED) is 0.519. The van der Waals surface area contributed by atoms with Crippen molar-refractivity contribution in [3.05, 3.63) is 59.9 Å². The van der Waals surface area contributed by atoms with Crippen molar-refractivity contribution in [3.63, 3.8) is 0 Å². The molecule has 1 aliphatic heterocycles. The summed E-state index contributed by atoms with van der Waals surface area (Å²) in [6.45, 7) is 11.2. The molecule has 1 unspecified atom stereocenters. The topological polar surface area (TPSA) is 104 Å². The number of fused-ring (bicyclic) bond motifs is 1. The van der Waals surface area contributed by atoms with Gasteiger partial charge in [-0.3, -0.25) is 4.57 Å². The Morgan fingerprint density at radius 3 is 2.77 bits per heavy atom. The van der Waals surface area contributed by atoms with Gasteiger partial charge in [-0.1, -0.05) is 6.07 Å². The summed E-state index contributed by atoms with van der Waals surface area (Å²) in [6.07, 6.45) is 4.81. The number of aryl methyl sites for hydroxylation is 1. The summed E-state index contributed by atoms with van der Waals surface area (Å²) in [5.74, 6) is 1.97. The van der Waals surface area contributed by atoms with Crippen LogP contribution in [-0.2, 0) is 11.3 Å². The maximum Gasteiger partial charge on any atom is 0.410 e. The monoisotopic (exact) mass is 480 g/mol. The zero-order chi connectivity index (χ0) is 25.0. The normalized spacial score (nSPS) is 13.5. The summed E-state index contributed by atoms with van der Waals surface area (Å²) in [5.41, 5.74) is 2.07. The number of nitrogens with one attached hydrogen (secondary N) is 1. The number of carbonyl (C=O) groups is 1. The Morgan fingerprint density at radius 1 is 1.23 bits per heavy atom. The van der Waals surface area contributed by atoms with E-state index in [4.69, 9.17) is 14.2 Å². The van der Waals surface area contributed by atoms with Crippen LogP contribution in [0.25, 0.3) is 5.95 Å². The fourth-order valence-electron chi connectivity index (χ4n) is 3.63. The van der Waals surface area contributed by atoms with Gasteiger partial charge in [0, 0.05) is 43.8 Å². The number of imidazole rings is 1. The van der Waals surface area contributed by atoms with Crippen LogP contribution in [0.5, 0.6) is 11.5 Å². The molecular formula is C25H32N6O4. The number of hydrogen-bond acceptors (Lipinski definition) is 8. The van der Waals surface area contributed by atoms with E-state index in [2.05, 4.69) is 20.3 Å². The minimum absolute atomic E-state index is 0.0509. The minimum atomic E-state index is -0.590. The number of rotatable bonds is 8. The van der Waals surface area contributed by atoms with Crippen LogP contribution in [0.15, 0.2) is 43.0 Å². The van der Waals surface area contributed by atoms with E-state index in [1.54, 1.807) is 22.0 Å². The molecular weight excluding hydrogens is 448 g/mol. The summed E-state index contributed by atoms with van der Waals surface area (Å²) in [5, 5.41) is 3.46. The van der Waals surface area contributed by atoms with Crippen molar-refractivity contribution in [3.8, 4) is 17.4 Å². The van der Waals surface area contributed by atoms with Gasteiger partial charge < -0.3 is 24.4 Å². The summed E-state index contributed by atoms with van der Waals surface area (Å²) < 4.78 is 18.3. The Hall–Kier alpha value is -3.66. The van der Waals surface area contributed by atoms with E-state index in [1.807, 2.05) is 65.1 Å². The van der Waals surface area contributed by atoms with Crippen LogP contribution in [0.4, 0.5) is 4.79 Å². The predicted octanol–water partition coefficient (Wildman–Crippen LogP) is 3.79. The van der Waals surface area contributed by atoms with Crippen molar-refractivity contribution in [2.45, 2.75) is 52.8 Å². The number of benzene rings is 1. The number of ether oxygens (including phenoxy) is 3. The molecule has 0 bridgehead atoms. The van der Waals surface area contributed by atoms with Crippen LogP contribution < -0.4 is 14.8 Å². The Balaban J connectivity index is 1.42. The minimum Gasteiger partial charge on any atom is -0.454 e. The number of carbonyl (C=O) groups excluding carboxylic acids is 1. The molecule has 1 N–H and O–H groups in total. The fourth-order valence-corrected chi connectivity index (χ4v) is 3.63. The Labute approximate surface area is 205 Å². The Morgan fingerprint density at radius 2 is 2.03 bits per heavy atom. The zero-order valence-electron chi connectivity index (χ0n) is 20.8. The molecule has 0 aliphatic carbocycles. The van der Waals surface area contributed by atoms with Gasteiger partial charge in [0.2, 0.25) is 12.7 Å². The van der Waals surface area contributed by atoms with Crippen LogP contribution in [0.2, 0.25) is 0 Å². The Bertz CT molecular complexity index is 1160. The molecule has 186 valence electrons. The lowest BCUT2D eigenvalue weighted by molar-refractivity contribution is 0.0234. The van der Waals surface area contributed by atoms with E-state index in [0.29, 0.717) is 37.1 Å². The van der Waals surface area contributed by atoms with Crippen LogP contribution in [-0.4, -0.2) is 56.0 Å². The van der Waals surface area contributed by atoms with E-state index in [9.17, 15) is 4.79 Å². The van der Waals surface area contributed by atoms with Gasteiger partial charge >= 0.3 is 6.09 Å². The fraction of sp³-hybridized carbons (Fsp3) is 0.440. The summed E-state index contributed by atoms with van der Waals surface area (Å²) in [7, 11) is 0.